The molecule has 0 saturated carbocycles. The van der Waals surface area contributed by atoms with Crippen molar-refractivity contribution in [1.29, 1.82) is 0 Å². The van der Waals surface area contributed by atoms with Crippen LogP contribution in [0.3, 0.4) is 0 Å². The molecule has 1 saturated heterocycles. The monoisotopic (exact) mass is 250 g/mol. The first-order valence-corrected chi connectivity index (χ1v) is 6.37. The molecule has 0 aromatic carbocycles. The van der Waals surface area contributed by atoms with Gasteiger partial charge in [0.2, 0.25) is 0 Å². The summed E-state index contributed by atoms with van der Waals surface area (Å²) < 4.78 is 1.77. The molecule has 1 aliphatic heterocycles. The Bertz CT molecular complexity index is 524. The van der Waals surface area contributed by atoms with Crippen molar-refractivity contribution in [2.24, 2.45) is 5.92 Å². The van der Waals surface area contributed by atoms with Gasteiger partial charge in [0.25, 0.3) is 0 Å². The molecule has 0 aliphatic carbocycles. The van der Waals surface area contributed by atoms with E-state index < -0.39 is 0 Å². The summed E-state index contributed by atoms with van der Waals surface area (Å²) in [5, 5.41) is 4.36. The van der Waals surface area contributed by atoms with Crippen LogP contribution in [-0.2, 0) is 0 Å². The maximum atomic E-state index is 6.32. The van der Waals surface area contributed by atoms with E-state index in [1.165, 1.54) is 0 Å². The van der Waals surface area contributed by atoms with E-state index >= 15 is 0 Å². The van der Waals surface area contributed by atoms with E-state index in [0.717, 1.165) is 31.0 Å². The molecule has 2 unspecified atom stereocenters. The normalized spacial score (nSPS) is 25.4. The van der Waals surface area contributed by atoms with E-state index in [0.29, 0.717) is 5.92 Å². The van der Waals surface area contributed by atoms with Gasteiger partial charge in [0, 0.05) is 25.4 Å². The van der Waals surface area contributed by atoms with E-state index in [-0.39, 0.29) is 5.38 Å². The number of piperidine rings is 1. The van der Waals surface area contributed by atoms with Crippen molar-refractivity contribution >= 4 is 23.1 Å². The zero-order valence-electron chi connectivity index (χ0n) is 9.75. The second kappa shape index (κ2) is 4.18. The van der Waals surface area contributed by atoms with Crippen molar-refractivity contribution < 1.29 is 0 Å². The van der Waals surface area contributed by atoms with Gasteiger partial charge >= 0.3 is 0 Å². The first-order valence-electron chi connectivity index (χ1n) is 5.93. The number of hydrogen-bond donors (Lipinski definition) is 0. The van der Waals surface area contributed by atoms with Crippen LogP contribution < -0.4 is 4.90 Å². The fourth-order valence-corrected chi connectivity index (χ4v) is 2.50. The molecular formula is C12H15ClN4. The van der Waals surface area contributed by atoms with Crippen LogP contribution in [0, 0.1) is 5.92 Å². The summed E-state index contributed by atoms with van der Waals surface area (Å²) in [6.45, 7) is 4.12. The number of anilines is 1. The number of halogens is 1. The van der Waals surface area contributed by atoms with E-state index in [1.54, 1.807) is 10.7 Å². The Balaban J connectivity index is 1.88. The molecule has 0 N–H and O–H groups in total. The van der Waals surface area contributed by atoms with E-state index in [2.05, 4.69) is 21.9 Å². The summed E-state index contributed by atoms with van der Waals surface area (Å²) in [4.78, 5) is 6.84. The summed E-state index contributed by atoms with van der Waals surface area (Å²) >= 11 is 6.32. The highest BCUT2D eigenvalue weighted by Crippen LogP contribution is 2.25. The molecule has 1 fully saturated rings. The van der Waals surface area contributed by atoms with Crippen LogP contribution in [0.15, 0.2) is 24.5 Å². The minimum absolute atomic E-state index is 0.215. The minimum Gasteiger partial charge on any atom is -0.355 e. The summed E-state index contributed by atoms with van der Waals surface area (Å²) in [5.41, 5.74) is 0.882. The molecule has 3 heterocycles. The lowest BCUT2D eigenvalue weighted by atomic mass is 9.99. The molecule has 4 nitrogen and oxygen atoms in total. The lowest BCUT2D eigenvalue weighted by molar-refractivity contribution is 0.444. The van der Waals surface area contributed by atoms with Crippen molar-refractivity contribution in [3.63, 3.8) is 0 Å². The predicted molar refractivity (Wildman–Crippen MR) is 68.6 cm³/mol. The largest absolute Gasteiger partial charge is 0.355 e. The van der Waals surface area contributed by atoms with Crippen LogP contribution in [0.25, 0.3) is 5.65 Å². The van der Waals surface area contributed by atoms with Crippen molar-refractivity contribution in [3.05, 3.63) is 24.5 Å². The molecule has 0 bridgehead atoms. The Labute approximate surface area is 105 Å². The standard InChI is InChI=1S/C12H15ClN4/c1-9-3-6-16(8-10(9)13)11-4-7-17-12(15-11)2-5-14-17/h2,4-5,7,9-10H,3,6,8H2,1H3. The summed E-state index contributed by atoms with van der Waals surface area (Å²) in [6.07, 6.45) is 4.83. The lowest BCUT2D eigenvalue weighted by Crippen LogP contribution is -2.40. The fraction of sp³-hybridized carbons (Fsp3) is 0.500. The maximum absolute atomic E-state index is 6.32. The van der Waals surface area contributed by atoms with E-state index in [9.17, 15) is 0 Å². The summed E-state index contributed by atoms with van der Waals surface area (Å²) in [5.74, 6) is 1.59. The zero-order chi connectivity index (χ0) is 11.8. The molecule has 2 aromatic rings. The van der Waals surface area contributed by atoms with Crippen LogP contribution >= 0.6 is 11.6 Å². The van der Waals surface area contributed by atoms with Gasteiger partial charge in [0.1, 0.15) is 5.82 Å². The molecule has 17 heavy (non-hydrogen) atoms. The number of nitrogens with zero attached hydrogens (tertiary/aromatic N) is 4. The van der Waals surface area contributed by atoms with E-state index in [1.807, 2.05) is 18.3 Å². The SMILES string of the molecule is CC1CCN(c2ccn3nccc3n2)CC1Cl. The van der Waals surface area contributed by atoms with Gasteiger partial charge in [-0.25, -0.2) is 9.50 Å². The third-order valence-electron chi connectivity index (χ3n) is 3.43. The molecule has 0 amide bonds. The Kier molecular flexibility index (Phi) is 2.67. The highest BCUT2D eigenvalue weighted by atomic mass is 35.5. The lowest BCUT2D eigenvalue weighted by Gasteiger charge is -2.34. The molecule has 3 rings (SSSR count). The van der Waals surface area contributed by atoms with Crippen molar-refractivity contribution in [2.75, 3.05) is 18.0 Å². The van der Waals surface area contributed by atoms with Gasteiger partial charge < -0.3 is 4.90 Å². The fourth-order valence-electron chi connectivity index (χ4n) is 2.21. The van der Waals surface area contributed by atoms with Crippen LogP contribution in [0.5, 0.6) is 0 Å². The first-order chi connectivity index (χ1) is 8.24. The summed E-state index contributed by atoms with van der Waals surface area (Å²) in [7, 11) is 0. The van der Waals surface area contributed by atoms with Gasteiger partial charge in [-0.2, -0.15) is 5.10 Å². The Morgan fingerprint density at radius 3 is 3.12 bits per heavy atom. The second-order valence-corrected chi connectivity index (χ2v) is 5.21. The molecule has 2 aromatic heterocycles. The van der Waals surface area contributed by atoms with E-state index in [4.69, 9.17) is 11.6 Å². The molecule has 2 atom stereocenters. The maximum Gasteiger partial charge on any atom is 0.157 e. The first kappa shape index (κ1) is 10.8. The zero-order valence-corrected chi connectivity index (χ0v) is 10.5. The second-order valence-electron chi connectivity index (χ2n) is 4.65. The number of alkyl halides is 1. The molecule has 0 radical (unpaired) electrons. The van der Waals surface area contributed by atoms with Gasteiger partial charge in [-0.3, -0.25) is 0 Å². The average molecular weight is 251 g/mol. The molecule has 1 aliphatic rings. The molecular weight excluding hydrogens is 236 g/mol. The Morgan fingerprint density at radius 2 is 2.29 bits per heavy atom. The number of hydrogen-bond acceptors (Lipinski definition) is 3. The average Bonchev–Trinajstić information content (AvgIpc) is 2.79. The molecule has 5 heteroatoms. The van der Waals surface area contributed by atoms with Gasteiger partial charge in [-0.15, -0.1) is 11.6 Å². The quantitative estimate of drug-likeness (QED) is 0.728. The number of rotatable bonds is 1. The van der Waals surface area contributed by atoms with Crippen molar-refractivity contribution in [2.45, 2.75) is 18.7 Å². The smallest absolute Gasteiger partial charge is 0.157 e. The Hall–Kier alpha value is -1.29. The van der Waals surface area contributed by atoms with Crippen molar-refractivity contribution in [3.8, 4) is 0 Å². The van der Waals surface area contributed by atoms with Crippen LogP contribution in [0.2, 0.25) is 0 Å². The van der Waals surface area contributed by atoms with Gasteiger partial charge in [-0.1, -0.05) is 6.92 Å². The highest BCUT2D eigenvalue weighted by Gasteiger charge is 2.25. The summed E-state index contributed by atoms with van der Waals surface area (Å²) in [6, 6.07) is 3.91. The van der Waals surface area contributed by atoms with Crippen LogP contribution in [0.4, 0.5) is 5.82 Å². The van der Waals surface area contributed by atoms with Gasteiger partial charge in [0.05, 0.1) is 11.6 Å². The number of fused-ring (bicyclic) bond motifs is 1. The highest BCUT2D eigenvalue weighted by molar-refractivity contribution is 6.21. The third kappa shape index (κ3) is 1.97. The van der Waals surface area contributed by atoms with Gasteiger partial charge in [-0.05, 0) is 18.4 Å². The van der Waals surface area contributed by atoms with Crippen LogP contribution in [0.1, 0.15) is 13.3 Å². The third-order valence-corrected chi connectivity index (χ3v) is 4.00. The topological polar surface area (TPSA) is 33.4 Å². The van der Waals surface area contributed by atoms with Crippen LogP contribution in [-0.4, -0.2) is 33.1 Å². The van der Waals surface area contributed by atoms with Gasteiger partial charge in [0.15, 0.2) is 5.65 Å². The molecule has 0 spiro atoms. The van der Waals surface area contributed by atoms with Crippen molar-refractivity contribution in [1.82, 2.24) is 14.6 Å². The Morgan fingerprint density at radius 1 is 1.41 bits per heavy atom. The number of aromatic nitrogens is 3. The minimum atomic E-state index is 0.215. The predicted octanol–water partition coefficient (Wildman–Crippen LogP) is 2.18. The molecule has 90 valence electrons.